The van der Waals surface area contributed by atoms with E-state index in [-0.39, 0.29) is 5.82 Å². The number of anilines is 1. The number of aryl methyl sites for hydroxylation is 1. The summed E-state index contributed by atoms with van der Waals surface area (Å²) in [5.41, 5.74) is 9.92. The lowest BCUT2D eigenvalue weighted by Crippen LogP contribution is -1.90. The average molecular weight is 298 g/mol. The number of benzene rings is 2. The van der Waals surface area contributed by atoms with Gasteiger partial charge >= 0.3 is 0 Å². The van der Waals surface area contributed by atoms with Crippen molar-refractivity contribution in [1.29, 1.82) is 0 Å². The van der Waals surface area contributed by atoms with Gasteiger partial charge in [-0.3, -0.25) is 0 Å². The van der Waals surface area contributed by atoms with E-state index in [1.54, 1.807) is 12.1 Å². The van der Waals surface area contributed by atoms with Crippen LogP contribution in [0.1, 0.15) is 16.0 Å². The number of nitrogen functional groups attached to an aromatic ring is 1. The molecule has 0 saturated heterocycles. The van der Waals surface area contributed by atoms with Crippen molar-refractivity contribution in [1.82, 2.24) is 4.98 Å². The van der Waals surface area contributed by atoms with Gasteiger partial charge in [0.05, 0.1) is 5.69 Å². The molecule has 1 aromatic heterocycles. The van der Waals surface area contributed by atoms with Gasteiger partial charge in [-0.15, -0.1) is 11.3 Å². The fourth-order valence-electron chi connectivity index (χ4n) is 2.26. The molecule has 0 unspecified atom stereocenters. The summed E-state index contributed by atoms with van der Waals surface area (Å²) in [7, 11) is 0. The lowest BCUT2D eigenvalue weighted by Gasteiger charge is -2.04. The number of nitrogens with zero attached hydrogens (tertiary/aromatic N) is 1. The number of hydrogen-bond donors (Lipinski definition) is 1. The van der Waals surface area contributed by atoms with Crippen molar-refractivity contribution in [2.45, 2.75) is 13.3 Å². The molecule has 0 aliphatic rings. The van der Waals surface area contributed by atoms with Gasteiger partial charge in [0.1, 0.15) is 5.82 Å². The van der Waals surface area contributed by atoms with Crippen LogP contribution in [0, 0.1) is 12.7 Å². The van der Waals surface area contributed by atoms with Gasteiger partial charge in [0.25, 0.3) is 0 Å². The quantitative estimate of drug-likeness (QED) is 0.777. The van der Waals surface area contributed by atoms with Crippen LogP contribution in [0.4, 0.5) is 9.52 Å². The zero-order valence-corrected chi connectivity index (χ0v) is 12.5. The Labute approximate surface area is 127 Å². The summed E-state index contributed by atoms with van der Waals surface area (Å²) in [6, 6.07) is 14.8. The number of halogens is 1. The monoisotopic (exact) mass is 298 g/mol. The van der Waals surface area contributed by atoms with E-state index in [4.69, 9.17) is 5.73 Å². The van der Waals surface area contributed by atoms with Crippen LogP contribution in [0.25, 0.3) is 11.3 Å². The molecule has 106 valence electrons. The molecular formula is C17H15FN2S. The van der Waals surface area contributed by atoms with Crippen molar-refractivity contribution in [2.24, 2.45) is 0 Å². The van der Waals surface area contributed by atoms with Crippen LogP contribution in [0.5, 0.6) is 0 Å². The maximum absolute atomic E-state index is 13.3. The van der Waals surface area contributed by atoms with Gasteiger partial charge in [0, 0.05) is 16.9 Å². The molecule has 0 saturated carbocycles. The second-order valence-corrected chi connectivity index (χ2v) is 6.11. The number of nitrogens with two attached hydrogens (primary N) is 1. The van der Waals surface area contributed by atoms with E-state index in [2.05, 4.69) is 17.1 Å². The van der Waals surface area contributed by atoms with Gasteiger partial charge in [-0.05, 0) is 24.6 Å². The van der Waals surface area contributed by atoms with Crippen LogP contribution in [0.3, 0.4) is 0 Å². The van der Waals surface area contributed by atoms with E-state index in [9.17, 15) is 4.39 Å². The highest BCUT2D eigenvalue weighted by atomic mass is 32.1. The number of hydrogen-bond acceptors (Lipinski definition) is 3. The zero-order chi connectivity index (χ0) is 14.8. The van der Waals surface area contributed by atoms with E-state index >= 15 is 0 Å². The predicted octanol–water partition coefficient (Wildman–Crippen LogP) is 4.43. The van der Waals surface area contributed by atoms with Crippen molar-refractivity contribution < 1.29 is 4.39 Å². The SMILES string of the molecule is Cc1ccc(-c2nc(N)sc2Cc2cccc(F)c2)cc1. The molecule has 0 aliphatic heterocycles. The van der Waals surface area contributed by atoms with Crippen LogP contribution in [0.15, 0.2) is 48.5 Å². The molecule has 2 N–H and O–H groups in total. The van der Waals surface area contributed by atoms with Gasteiger partial charge in [0.15, 0.2) is 5.13 Å². The molecule has 1 heterocycles. The molecule has 3 rings (SSSR count). The fourth-order valence-corrected chi connectivity index (χ4v) is 3.15. The third kappa shape index (κ3) is 3.11. The summed E-state index contributed by atoms with van der Waals surface area (Å²) < 4.78 is 13.3. The highest BCUT2D eigenvalue weighted by molar-refractivity contribution is 7.15. The maximum Gasteiger partial charge on any atom is 0.180 e. The average Bonchev–Trinajstić information content (AvgIpc) is 2.80. The largest absolute Gasteiger partial charge is 0.375 e. The number of rotatable bonds is 3. The Balaban J connectivity index is 1.98. The Bertz CT molecular complexity index is 763. The first-order chi connectivity index (χ1) is 10.1. The lowest BCUT2D eigenvalue weighted by molar-refractivity contribution is 0.626. The van der Waals surface area contributed by atoms with Gasteiger partial charge in [-0.25, -0.2) is 9.37 Å². The topological polar surface area (TPSA) is 38.9 Å². The molecule has 0 bridgehead atoms. The van der Waals surface area contributed by atoms with Crippen LogP contribution >= 0.6 is 11.3 Å². The van der Waals surface area contributed by atoms with E-state index < -0.39 is 0 Å². The van der Waals surface area contributed by atoms with Crippen molar-refractivity contribution in [3.05, 3.63) is 70.4 Å². The molecule has 0 radical (unpaired) electrons. The van der Waals surface area contributed by atoms with Crippen molar-refractivity contribution in [3.8, 4) is 11.3 Å². The van der Waals surface area contributed by atoms with E-state index in [1.807, 2.05) is 25.1 Å². The molecule has 0 spiro atoms. The molecular weight excluding hydrogens is 283 g/mol. The standard InChI is InChI=1S/C17H15FN2S/c1-11-5-7-13(8-6-11)16-15(21-17(19)20-16)10-12-3-2-4-14(18)9-12/h2-9H,10H2,1H3,(H2,19,20). The smallest absolute Gasteiger partial charge is 0.180 e. The molecule has 0 atom stereocenters. The molecule has 21 heavy (non-hydrogen) atoms. The van der Waals surface area contributed by atoms with Crippen molar-refractivity contribution in [2.75, 3.05) is 5.73 Å². The predicted molar refractivity (Wildman–Crippen MR) is 85.9 cm³/mol. The van der Waals surface area contributed by atoms with Crippen molar-refractivity contribution >= 4 is 16.5 Å². The number of thiazole rings is 1. The molecule has 2 nitrogen and oxygen atoms in total. The van der Waals surface area contributed by atoms with Crippen LogP contribution in [-0.2, 0) is 6.42 Å². The molecule has 4 heteroatoms. The van der Waals surface area contributed by atoms with Crippen LogP contribution in [-0.4, -0.2) is 4.98 Å². The Morgan fingerprint density at radius 2 is 1.90 bits per heavy atom. The highest BCUT2D eigenvalue weighted by Gasteiger charge is 2.12. The minimum Gasteiger partial charge on any atom is -0.375 e. The Morgan fingerprint density at radius 1 is 1.14 bits per heavy atom. The molecule has 0 aliphatic carbocycles. The summed E-state index contributed by atoms with van der Waals surface area (Å²) >= 11 is 1.46. The zero-order valence-electron chi connectivity index (χ0n) is 11.6. The van der Waals surface area contributed by atoms with E-state index in [0.717, 1.165) is 21.7 Å². The molecule has 0 amide bonds. The van der Waals surface area contributed by atoms with E-state index in [1.165, 1.54) is 23.0 Å². The first kappa shape index (κ1) is 13.8. The second kappa shape index (κ2) is 5.66. The number of aromatic nitrogens is 1. The molecule has 3 aromatic rings. The third-order valence-electron chi connectivity index (χ3n) is 3.29. The second-order valence-electron chi connectivity index (χ2n) is 5.00. The van der Waals surface area contributed by atoms with Gasteiger partial charge in [-0.2, -0.15) is 0 Å². The summed E-state index contributed by atoms with van der Waals surface area (Å²) in [5.74, 6) is -0.220. The normalized spacial score (nSPS) is 10.8. The summed E-state index contributed by atoms with van der Waals surface area (Å²) in [4.78, 5) is 5.49. The molecule has 0 fully saturated rings. The maximum atomic E-state index is 13.3. The summed E-state index contributed by atoms with van der Waals surface area (Å²) in [6.07, 6.45) is 0.635. The van der Waals surface area contributed by atoms with Crippen molar-refractivity contribution in [3.63, 3.8) is 0 Å². The Morgan fingerprint density at radius 3 is 2.62 bits per heavy atom. The Kier molecular flexibility index (Phi) is 3.71. The van der Waals surface area contributed by atoms with Gasteiger partial charge in [-0.1, -0.05) is 42.0 Å². The molecule has 2 aromatic carbocycles. The minimum atomic E-state index is -0.220. The van der Waals surface area contributed by atoms with Crippen LogP contribution < -0.4 is 5.73 Å². The minimum absolute atomic E-state index is 0.220. The third-order valence-corrected chi connectivity index (χ3v) is 4.18. The fraction of sp³-hybridized carbons (Fsp3) is 0.118. The Hall–Kier alpha value is -2.20. The summed E-state index contributed by atoms with van der Waals surface area (Å²) in [6.45, 7) is 2.05. The van der Waals surface area contributed by atoms with E-state index in [0.29, 0.717) is 11.6 Å². The first-order valence-electron chi connectivity index (χ1n) is 6.68. The van der Waals surface area contributed by atoms with Gasteiger partial charge < -0.3 is 5.73 Å². The lowest BCUT2D eigenvalue weighted by atomic mass is 10.1. The van der Waals surface area contributed by atoms with Crippen LogP contribution in [0.2, 0.25) is 0 Å². The highest BCUT2D eigenvalue weighted by Crippen LogP contribution is 2.31. The summed E-state index contributed by atoms with van der Waals surface area (Å²) in [5, 5.41) is 0.539. The first-order valence-corrected chi connectivity index (χ1v) is 7.50. The van der Waals surface area contributed by atoms with Gasteiger partial charge in [0.2, 0.25) is 0 Å².